The molecule has 10 heteroatoms. The number of aromatic carboxylic acids is 1. The second-order valence-corrected chi connectivity index (χ2v) is 8.10. The van der Waals surface area contributed by atoms with E-state index in [2.05, 4.69) is 39.5 Å². The van der Waals surface area contributed by atoms with Crippen LogP contribution in [0.2, 0.25) is 0 Å². The van der Waals surface area contributed by atoms with Crippen LogP contribution in [0.3, 0.4) is 0 Å². The molecule has 1 amide bonds. The first-order valence-corrected chi connectivity index (χ1v) is 10.5. The van der Waals surface area contributed by atoms with Gasteiger partial charge in [-0.15, -0.1) is 0 Å². The standard InChI is InChI=1S/C22H27N7O3/c1-14-11-27(12-15(2)29(14)16(3)30)20-10-19(8-9-23-20)28-13-24-22(26-28)25-18-6-4-17(5-7-18)21(31)32/h4-10,14-15H,11-13H2,1-3H3,(H,31,32)(H2,24,25,26). The Hall–Kier alpha value is -3.82. The number of aliphatic imine (C=N–C) groups is 1. The van der Waals surface area contributed by atoms with Gasteiger partial charge in [-0.2, -0.15) is 0 Å². The third-order valence-corrected chi connectivity index (χ3v) is 5.65. The Bertz CT molecular complexity index is 1030. The van der Waals surface area contributed by atoms with Crippen molar-refractivity contribution in [1.29, 1.82) is 0 Å². The highest BCUT2D eigenvalue weighted by Crippen LogP contribution is 2.25. The summed E-state index contributed by atoms with van der Waals surface area (Å²) in [6, 6.07) is 10.6. The Kier molecular flexibility index (Phi) is 5.85. The third-order valence-electron chi connectivity index (χ3n) is 5.65. The number of hydrogen-bond donors (Lipinski definition) is 3. The van der Waals surface area contributed by atoms with Gasteiger partial charge in [-0.25, -0.2) is 14.8 Å². The number of carboxylic acid groups (broad SMARTS) is 1. The van der Waals surface area contributed by atoms with Crippen LogP contribution in [-0.2, 0) is 4.79 Å². The van der Waals surface area contributed by atoms with Gasteiger partial charge in [0.15, 0.2) is 0 Å². The average molecular weight is 438 g/mol. The van der Waals surface area contributed by atoms with Gasteiger partial charge in [0.2, 0.25) is 11.9 Å². The van der Waals surface area contributed by atoms with E-state index in [4.69, 9.17) is 5.11 Å². The number of rotatable bonds is 4. The van der Waals surface area contributed by atoms with E-state index in [1.54, 1.807) is 37.4 Å². The number of piperazine rings is 1. The molecule has 4 rings (SSSR count). The topological polar surface area (TPSA) is 113 Å². The van der Waals surface area contributed by atoms with Crippen molar-refractivity contribution in [1.82, 2.24) is 15.3 Å². The summed E-state index contributed by atoms with van der Waals surface area (Å²) >= 11 is 0. The van der Waals surface area contributed by atoms with E-state index in [0.717, 1.165) is 30.3 Å². The molecule has 2 aliphatic heterocycles. The predicted octanol–water partition coefficient (Wildman–Crippen LogP) is 1.98. The molecule has 1 saturated heterocycles. The van der Waals surface area contributed by atoms with Crippen molar-refractivity contribution in [3.8, 4) is 0 Å². The molecule has 0 spiro atoms. The molecule has 168 valence electrons. The molecule has 0 bridgehead atoms. The molecule has 0 radical (unpaired) electrons. The number of guanidine groups is 1. The number of carbonyl (C=O) groups excluding carboxylic acids is 1. The number of amides is 1. The van der Waals surface area contributed by atoms with Gasteiger partial charge in [-0.05, 0) is 44.2 Å². The van der Waals surface area contributed by atoms with Gasteiger partial charge in [0.25, 0.3) is 0 Å². The molecule has 1 fully saturated rings. The van der Waals surface area contributed by atoms with Crippen molar-refractivity contribution in [2.45, 2.75) is 32.9 Å². The summed E-state index contributed by atoms with van der Waals surface area (Å²) in [5, 5.41) is 14.1. The maximum atomic E-state index is 11.9. The number of carboxylic acids is 1. The van der Waals surface area contributed by atoms with E-state index in [9.17, 15) is 9.59 Å². The van der Waals surface area contributed by atoms with Crippen LogP contribution in [0.5, 0.6) is 0 Å². The average Bonchev–Trinajstić information content (AvgIpc) is 3.22. The van der Waals surface area contributed by atoms with Crippen molar-refractivity contribution in [3.63, 3.8) is 0 Å². The first-order chi connectivity index (χ1) is 15.3. The second kappa shape index (κ2) is 8.74. The molecule has 10 nitrogen and oxygen atoms in total. The lowest BCUT2D eigenvalue weighted by Gasteiger charge is -2.44. The van der Waals surface area contributed by atoms with Crippen LogP contribution in [-0.4, -0.2) is 64.7 Å². The molecular formula is C22H27N7O3. The monoisotopic (exact) mass is 437 g/mol. The first kappa shape index (κ1) is 21.4. The number of hydrazine groups is 1. The zero-order valence-electron chi connectivity index (χ0n) is 18.3. The molecule has 2 aliphatic rings. The molecule has 2 atom stereocenters. The SMILES string of the molecule is CC(=O)N1C(C)CN(c2cc(N3CN=C(Nc4ccc(C(=O)O)cc4)N3)ccn2)CC1C. The summed E-state index contributed by atoms with van der Waals surface area (Å²) in [5.74, 6) is 0.571. The number of anilines is 3. The Morgan fingerprint density at radius 2 is 1.81 bits per heavy atom. The van der Waals surface area contributed by atoms with Crippen molar-refractivity contribution >= 4 is 35.0 Å². The summed E-state index contributed by atoms with van der Waals surface area (Å²) in [4.78, 5) is 36.1. The summed E-state index contributed by atoms with van der Waals surface area (Å²) in [6.07, 6.45) is 1.77. The fourth-order valence-corrected chi connectivity index (χ4v) is 4.27. The van der Waals surface area contributed by atoms with E-state index in [1.165, 1.54) is 0 Å². The summed E-state index contributed by atoms with van der Waals surface area (Å²) < 4.78 is 0. The molecule has 1 aromatic heterocycles. The van der Waals surface area contributed by atoms with E-state index in [0.29, 0.717) is 12.6 Å². The lowest BCUT2D eigenvalue weighted by molar-refractivity contribution is -0.133. The van der Waals surface area contributed by atoms with Crippen LogP contribution in [0.1, 0.15) is 31.1 Å². The fourth-order valence-electron chi connectivity index (χ4n) is 4.27. The van der Waals surface area contributed by atoms with Crippen molar-refractivity contribution < 1.29 is 14.7 Å². The van der Waals surface area contributed by atoms with Crippen molar-refractivity contribution in [2.24, 2.45) is 4.99 Å². The first-order valence-electron chi connectivity index (χ1n) is 10.5. The lowest BCUT2D eigenvalue weighted by atomic mass is 10.1. The summed E-state index contributed by atoms with van der Waals surface area (Å²) in [6.45, 7) is 7.61. The van der Waals surface area contributed by atoms with Gasteiger partial charge in [0.1, 0.15) is 12.5 Å². The van der Waals surface area contributed by atoms with Crippen molar-refractivity contribution in [3.05, 3.63) is 48.2 Å². The minimum absolute atomic E-state index is 0.0994. The molecular weight excluding hydrogens is 410 g/mol. The maximum absolute atomic E-state index is 11.9. The quantitative estimate of drug-likeness (QED) is 0.666. The molecule has 1 aromatic carbocycles. The molecule has 2 aromatic rings. The Balaban J connectivity index is 1.40. The van der Waals surface area contributed by atoms with Crippen LogP contribution in [0, 0.1) is 0 Å². The second-order valence-electron chi connectivity index (χ2n) is 8.10. The molecule has 3 N–H and O–H groups in total. The highest BCUT2D eigenvalue weighted by molar-refractivity contribution is 5.96. The number of aromatic nitrogens is 1. The highest BCUT2D eigenvalue weighted by Gasteiger charge is 2.31. The Labute approximate surface area is 186 Å². The van der Waals surface area contributed by atoms with E-state index < -0.39 is 5.97 Å². The van der Waals surface area contributed by atoms with Crippen LogP contribution < -0.4 is 20.7 Å². The summed E-state index contributed by atoms with van der Waals surface area (Å²) in [5.41, 5.74) is 5.11. The van der Waals surface area contributed by atoms with Gasteiger partial charge in [-0.1, -0.05) is 0 Å². The molecule has 0 saturated carbocycles. The predicted molar refractivity (Wildman–Crippen MR) is 123 cm³/mol. The van der Waals surface area contributed by atoms with Crippen LogP contribution >= 0.6 is 0 Å². The zero-order chi connectivity index (χ0) is 22.8. The largest absolute Gasteiger partial charge is 0.478 e. The number of benzene rings is 1. The Morgan fingerprint density at radius 3 is 2.44 bits per heavy atom. The van der Waals surface area contributed by atoms with E-state index in [1.807, 2.05) is 22.0 Å². The van der Waals surface area contributed by atoms with Crippen LogP contribution in [0.25, 0.3) is 0 Å². The molecule has 3 heterocycles. The van der Waals surface area contributed by atoms with Crippen LogP contribution in [0.4, 0.5) is 17.2 Å². The number of hydrogen-bond acceptors (Lipinski definition) is 8. The fraction of sp³-hybridized carbons (Fsp3) is 0.364. The number of pyridine rings is 1. The summed E-state index contributed by atoms with van der Waals surface area (Å²) in [7, 11) is 0. The highest BCUT2D eigenvalue weighted by atomic mass is 16.4. The normalized spacial score (nSPS) is 20.6. The van der Waals surface area contributed by atoms with Crippen molar-refractivity contribution in [2.75, 3.05) is 35.0 Å². The minimum Gasteiger partial charge on any atom is -0.478 e. The zero-order valence-corrected chi connectivity index (χ0v) is 18.3. The van der Waals surface area contributed by atoms with Gasteiger partial charge in [0, 0.05) is 50.0 Å². The van der Waals surface area contributed by atoms with E-state index >= 15 is 0 Å². The smallest absolute Gasteiger partial charge is 0.335 e. The van der Waals surface area contributed by atoms with Crippen LogP contribution in [0.15, 0.2) is 47.6 Å². The number of nitrogens with zero attached hydrogens (tertiary/aromatic N) is 5. The number of carbonyl (C=O) groups is 2. The molecule has 32 heavy (non-hydrogen) atoms. The van der Waals surface area contributed by atoms with Gasteiger partial charge >= 0.3 is 5.97 Å². The lowest BCUT2D eigenvalue weighted by Crippen LogP contribution is -2.58. The van der Waals surface area contributed by atoms with Gasteiger partial charge < -0.3 is 20.2 Å². The molecule has 2 unspecified atom stereocenters. The minimum atomic E-state index is -0.959. The van der Waals surface area contributed by atoms with Gasteiger partial charge in [0.05, 0.1) is 11.3 Å². The third kappa shape index (κ3) is 4.43. The van der Waals surface area contributed by atoms with Gasteiger partial charge in [-0.3, -0.25) is 15.2 Å². The maximum Gasteiger partial charge on any atom is 0.335 e. The van der Waals surface area contributed by atoms with E-state index in [-0.39, 0.29) is 23.6 Å². The molecule has 0 aliphatic carbocycles. The number of nitrogens with one attached hydrogen (secondary N) is 2. The Morgan fingerprint density at radius 1 is 1.12 bits per heavy atom.